The van der Waals surface area contributed by atoms with Gasteiger partial charge in [0.05, 0.1) is 31.1 Å². The third-order valence-corrected chi connectivity index (χ3v) is 5.44. The van der Waals surface area contributed by atoms with Crippen molar-refractivity contribution in [3.8, 4) is 11.3 Å². The molecule has 0 saturated carbocycles. The molecule has 0 bridgehead atoms. The molecule has 1 N–H and O–H groups in total. The first-order valence-electron chi connectivity index (χ1n) is 11.8. The minimum absolute atomic E-state index is 0.297. The van der Waals surface area contributed by atoms with E-state index < -0.39 is 6.10 Å². The quantitative estimate of drug-likeness (QED) is 0.374. The van der Waals surface area contributed by atoms with Crippen LogP contribution in [0.25, 0.3) is 11.3 Å². The van der Waals surface area contributed by atoms with E-state index in [1.807, 2.05) is 42.5 Å². The van der Waals surface area contributed by atoms with Crippen molar-refractivity contribution in [2.75, 3.05) is 37.7 Å². The maximum Gasteiger partial charge on any atom is 0.232 e. The van der Waals surface area contributed by atoms with Crippen LogP contribution in [-0.2, 0) is 17.8 Å². The second kappa shape index (κ2) is 12.6. The van der Waals surface area contributed by atoms with Crippen molar-refractivity contribution in [3.05, 3.63) is 60.1 Å². The summed E-state index contributed by atoms with van der Waals surface area (Å²) in [7, 11) is 0. The molecule has 0 saturated heterocycles. The number of anilines is 1. The second-order valence-electron chi connectivity index (χ2n) is 8.69. The number of benzene rings is 1. The Bertz CT molecular complexity index is 920. The summed E-state index contributed by atoms with van der Waals surface area (Å²) in [6.07, 6.45) is 1.06. The molecule has 0 aliphatic carbocycles. The first-order chi connectivity index (χ1) is 16.0. The van der Waals surface area contributed by atoms with Gasteiger partial charge in [-0.2, -0.15) is 0 Å². The third kappa shape index (κ3) is 7.19. The van der Waals surface area contributed by atoms with Gasteiger partial charge in [0.1, 0.15) is 11.5 Å². The fraction of sp³-hybridized carbons (Fsp3) is 0.500. The number of nitrogens with zero attached hydrogens (tertiary/aromatic N) is 3. The van der Waals surface area contributed by atoms with Crippen LogP contribution in [0.15, 0.2) is 57.7 Å². The Hall–Kier alpha value is -2.61. The summed E-state index contributed by atoms with van der Waals surface area (Å²) in [6, 6.07) is 13.9. The predicted molar refractivity (Wildman–Crippen MR) is 130 cm³/mol. The van der Waals surface area contributed by atoms with Crippen LogP contribution in [-0.4, -0.2) is 54.1 Å². The van der Waals surface area contributed by atoms with Gasteiger partial charge in [-0.05, 0) is 31.9 Å². The van der Waals surface area contributed by atoms with E-state index in [4.69, 9.17) is 13.7 Å². The topological polar surface area (TPSA) is 75.1 Å². The molecule has 1 aromatic carbocycles. The summed E-state index contributed by atoms with van der Waals surface area (Å²) in [4.78, 5) is 4.33. The van der Waals surface area contributed by atoms with Crippen LogP contribution < -0.4 is 4.90 Å². The average molecular weight is 456 g/mol. The van der Waals surface area contributed by atoms with E-state index in [1.54, 1.807) is 6.26 Å². The molecule has 1 unspecified atom stereocenters. The van der Waals surface area contributed by atoms with Crippen molar-refractivity contribution < 1.29 is 18.8 Å². The molecule has 0 fully saturated rings. The Morgan fingerprint density at radius 2 is 1.76 bits per heavy atom. The van der Waals surface area contributed by atoms with Crippen LogP contribution in [0.5, 0.6) is 0 Å². The van der Waals surface area contributed by atoms with Crippen LogP contribution in [0.2, 0.25) is 0 Å². The van der Waals surface area contributed by atoms with Gasteiger partial charge in [0.25, 0.3) is 0 Å². The summed E-state index contributed by atoms with van der Waals surface area (Å²) >= 11 is 0. The number of hydrogen-bond donors (Lipinski definition) is 1. The number of furan rings is 1. The van der Waals surface area contributed by atoms with Gasteiger partial charge in [0, 0.05) is 38.3 Å². The molecule has 3 rings (SSSR count). The van der Waals surface area contributed by atoms with Crippen LogP contribution in [0, 0.1) is 5.92 Å². The highest BCUT2D eigenvalue weighted by Gasteiger charge is 2.25. The Balaban J connectivity index is 1.87. The molecule has 7 heteroatoms. The lowest BCUT2D eigenvalue weighted by molar-refractivity contribution is 0.00462. The van der Waals surface area contributed by atoms with Crippen LogP contribution >= 0.6 is 0 Å². The van der Waals surface area contributed by atoms with E-state index in [0.717, 1.165) is 41.6 Å². The third-order valence-electron chi connectivity index (χ3n) is 5.44. The van der Waals surface area contributed by atoms with Gasteiger partial charge in [-0.25, -0.2) is 0 Å². The zero-order chi connectivity index (χ0) is 23.6. The molecule has 3 aromatic rings. The average Bonchev–Trinajstić information content (AvgIpc) is 3.45. The van der Waals surface area contributed by atoms with Crippen molar-refractivity contribution in [1.29, 1.82) is 0 Å². The molecular formula is C26H37N3O4. The minimum atomic E-state index is -0.615. The highest BCUT2D eigenvalue weighted by atomic mass is 16.5. The molecular weight excluding hydrogens is 418 g/mol. The van der Waals surface area contributed by atoms with Gasteiger partial charge < -0.3 is 23.7 Å². The normalized spacial score (nSPS) is 12.6. The number of hydrogen-bond acceptors (Lipinski definition) is 7. The van der Waals surface area contributed by atoms with E-state index in [1.165, 1.54) is 0 Å². The zero-order valence-electron chi connectivity index (χ0n) is 20.2. The predicted octanol–water partition coefficient (Wildman–Crippen LogP) is 4.82. The lowest BCUT2D eigenvalue weighted by Gasteiger charge is -2.26. The Labute approximate surface area is 196 Å². The number of ether oxygens (including phenoxy) is 1. The summed E-state index contributed by atoms with van der Waals surface area (Å²) in [5, 5.41) is 15.1. The van der Waals surface area contributed by atoms with E-state index in [2.05, 4.69) is 42.7 Å². The van der Waals surface area contributed by atoms with E-state index in [0.29, 0.717) is 38.8 Å². The van der Waals surface area contributed by atoms with E-state index in [-0.39, 0.29) is 0 Å². The summed E-state index contributed by atoms with van der Waals surface area (Å²) in [5.74, 6) is 2.04. The Kier molecular flexibility index (Phi) is 9.54. The van der Waals surface area contributed by atoms with Crippen molar-refractivity contribution in [2.24, 2.45) is 5.92 Å². The maximum atomic E-state index is 10.7. The first-order valence-corrected chi connectivity index (χ1v) is 11.8. The minimum Gasteiger partial charge on any atom is -0.468 e. The monoisotopic (exact) mass is 455 g/mol. The number of aliphatic hydroxyl groups excluding tert-OH is 1. The van der Waals surface area contributed by atoms with Crippen LogP contribution in [0.1, 0.15) is 39.0 Å². The second-order valence-corrected chi connectivity index (χ2v) is 8.69. The summed E-state index contributed by atoms with van der Waals surface area (Å²) in [5.41, 5.74) is 2.84. The Morgan fingerprint density at radius 1 is 1.00 bits per heavy atom. The molecule has 0 aliphatic heterocycles. The largest absolute Gasteiger partial charge is 0.468 e. The van der Waals surface area contributed by atoms with E-state index >= 15 is 0 Å². The molecule has 7 nitrogen and oxygen atoms in total. The highest BCUT2D eigenvalue weighted by molar-refractivity contribution is 5.68. The van der Waals surface area contributed by atoms with Crippen LogP contribution in [0.4, 0.5) is 5.88 Å². The Morgan fingerprint density at radius 3 is 2.39 bits per heavy atom. The SMILES string of the molecule is CCN(CC)c1onc(-c2ccccc2)c1CN(Cc1ccco1)CC(O)COCC(C)C. The van der Waals surface area contributed by atoms with E-state index in [9.17, 15) is 5.11 Å². The van der Waals surface area contributed by atoms with Crippen molar-refractivity contribution in [3.63, 3.8) is 0 Å². The zero-order valence-corrected chi connectivity index (χ0v) is 20.2. The van der Waals surface area contributed by atoms with Gasteiger partial charge in [-0.1, -0.05) is 49.3 Å². The molecule has 0 spiro atoms. The van der Waals surface area contributed by atoms with Crippen molar-refractivity contribution in [1.82, 2.24) is 10.1 Å². The van der Waals surface area contributed by atoms with Gasteiger partial charge in [0.15, 0.2) is 0 Å². The van der Waals surface area contributed by atoms with Gasteiger partial charge in [0.2, 0.25) is 5.88 Å². The summed E-state index contributed by atoms with van der Waals surface area (Å²) < 4.78 is 17.2. The molecule has 33 heavy (non-hydrogen) atoms. The summed E-state index contributed by atoms with van der Waals surface area (Å²) in [6.45, 7) is 12.5. The van der Waals surface area contributed by atoms with Gasteiger partial charge in [-0.15, -0.1) is 0 Å². The fourth-order valence-corrected chi connectivity index (χ4v) is 3.85. The maximum absolute atomic E-state index is 10.7. The fourth-order valence-electron chi connectivity index (χ4n) is 3.85. The molecule has 0 amide bonds. The number of aromatic nitrogens is 1. The molecule has 1 atom stereocenters. The number of aliphatic hydroxyl groups is 1. The molecule has 0 aliphatic rings. The lowest BCUT2D eigenvalue weighted by atomic mass is 10.1. The van der Waals surface area contributed by atoms with Gasteiger partial charge in [-0.3, -0.25) is 4.90 Å². The number of rotatable bonds is 14. The molecule has 2 aromatic heterocycles. The van der Waals surface area contributed by atoms with Crippen molar-refractivity contribution in [2.45, 2.75) is 46.9 Å². The standard InChI is InChI=1S/C26H37N3O4/c1-5-29(6-2)26-24(25(27-33-26)21-11-8-7-9-12-21)17-28(16-23-13-10-14-32-23)15-22(30)19-31-18-20(3)4/h7-14,20,22,30H,5-6,15-19H2,1-4H3. The first kappa shape index (κ1) is 25.0. The molecule has 0 radical (unpaired) electrons. The van der Waals surface area contributed by atoms with Crippen molar-refractivity contribution >= 4 is 5.88 Å². The highest BCUT2D eigenvalue weighted by Crippen LogP contribution is 2.32. The smallest absolute Gasteiger partial charge is 0.232 e. The molecule has 180 valence electrons. The lowest BCUT2D eigenvalue weighted by Crippen LogP contribution is -2.35. The van der Waals surface area contributed by atoms with Crippen LogP contribution in [0.3, 0.4) is 0 Å². The molecule has 2 heterocycles. The van der Waals surface area contributed by atoms with Gasteiger partial charge >= 0.3 is 0 Å².